The first-order valence-electron chi connectivity index (χ1n) is 14.4. The van der Waals surface area contributed by atoms with E-state index in [-0.39, 0.29) is 18.0 Å². The maximum Gasteiger partial charge on any atom is 0.330 e. The standard InChI is InChI=1S/C31H34FN3O6/c1-2-17-16-35(31(39)34-28(17)37)30-25(32)26(36)23(41-30)15-33-29(38)24-20-11-6-7-14-22(20)40-27-19(12-8-13-21(24)27)18-9-4-3-5-10-18/h6-8,11-14,16,18,23-26,30,36H,2-5,9-10,15H2,1H3,(H,33,38)(H,34,37,39)/t23-,24-,25-,26-,30-/m1/s1. The van der Waals surface area contributed by atoms with Crippen LogP contribution in [0.3, 0.4) is 0 Å². The summed E-state index contributed by atoms with van der Waals surface area (Å²) in [5.74, 6) is 0.727. The lowest BCUT2D eigenvalue weighted by Crippen LogP contribution is -2.41. The zero-order valence-corrected chi connectivity index (χ0v) is 22.8. The van der Waals surface area contributed by atoms with Crippen molar-refractivity contribution in [2.45, 2.75) is 81.9 Å². The van der Waals surface area contributed by atoms with E-state index in [0.717, 1.165) is 39.8 Å². The molecule has 1 saturated carbocycles. The Morgan fingerprint density at radius 1 is 1.07 bits per heavy atom. The second-order valence-corrected chi connectivity index (χ2v) is 11.1. The molecule has 0 spiro atoms. The second kappa shape index (κ2) is 11.3. The summed E-state index contributed by atoms with van der Waals surface area (Å²) < 4.78 is 28.3. The van der Waals surface area contributed by atoms with Gasteiger partial charge in [-0.1, -0.05) is 62.6 Å². The van der Waals surface area contributed by atoms with Gasteiger partial charge in [0.1, 0.15) is 23.7 Å². The Bertz CT molecular complexity index is 1560. The van der Waals surface area contributed by atoms with Crippen LogP contribution in [0.5, 0.6) is 11.5 Å². The average Bonchev–Trinajstić information content (AvgIpc) is 3.27. The number of nitrogens with zero attached hydrogens (tertiary/aromatic N) is 1. The predicted octanol–water partition coefficient (Wildman–Crippen LogP) is 3.80. The molecule has 2 aliphatic heterocycles. The highest BCUT2D eigenvalue weighted by Gasteiger charge is 2.46. The van der Waals surface area contributed by atoms with Crippen molar-refractivity contribution >= 4 is 5.91 Å². The van der Waals surface area contributed by atoms with Crippen molar-refractivity contribution in [3.8, 4) is 11.5 Å². The number of H-pyrrole nitrogens is 1. The summed E-state index contributed by atoms with van der Waals surface area (Å²) in [4.78, 5) is 40.3. The first kappa shape index (κ1) is 27.4. The number of ether oxygens (including phenoxy) is 2. The third-order valence-corrected chi connectivity index (χ3v) is 8.60. The van der Waals surface area contributed by atoms with Crippen LogP contribution in [0.1, 0.15) is 79.3 Å². The normalized spacial score (nSPS) is 25.7. The lowest BCUT2D eigenvalue weighted by atomic mass is 9.79. The number of aromatic amines is 1. The Balaban J connectivity index is 1.24. The zero-order valence-electron chi connectivity index (χ0n) is 22.8. The number of nitrogens with one attached hydrogen (secondary N) is 2. The molecule has 10 heteroatoms. The van der Waals surface area contributed by atoms with Gasteiger partial charge in [0, 0.05) is 29.4 Å². The molecule has 1 amide bonds. The summed E-state index contributed by atoms with van der Waals surface area (Å²) in [6.07, 6.45) is 1.24. The van der Waals surface area contributed by atoms with E-state index in [1.54, 1.807) is 6.92 Å². The number of halogens is 1. The maximum atomic E-state index is 15.2. The summed E-state index contributed by atoms with van der Waals surface area (Å²) in [5, 5.41) is 13.5. The summed E-state index contributed by atoms with van der Waals surface area (Å²) in [7, 11) is 0. The number of carbonyl (C=O) groups is 1. The molecule has 2 fully saturated rings. The molecule has 3 aliphatic rings. The maximum absolute atomic E-state index is 15.2. The number of para-hydroxylation sites is 2. The number of aryl methyl sites for hydroxylation is 1. The van der Waals surface area contributed by atoms with Gasteiger partial charge in [-0.3, -0.25) is 19.1 Å². The minimum Gasteiger partial charge on any atom is -0.456 e. The molecule has 41 heavy (non-hydrogen) atoms. The van der Waals surface area contributed by atoms with Crippen molar-refractivity contribution in [3.63, 3.8) is 0 Å². The van der Waals surface area contributed by atoms with Crippen LogP contribution in [0.15, 0.2) is 58.3 Å². The number of alkyl halides is 1. The fourth-order valence-electron chi connectivity index (χ4n) is 6.39. The molecule has 0 bridgehead atoms. The van der Waals surface area contributed by atoms with Crippen molar-refractivity contribution in [1.82, 2.24) is 14.9 Å². The van der Waals surface area contributed by atoms with Gasteiger partial charge in [-0.15, -0.1) is 0 Å². The Morgan fingerprint density at radius 2 is 1.80 bits per heavy atom. The van der Waals surface area contributed by atoms with Crippen LogP contribution in [0.4, 0.5) is 4.39 Å². The third kappa shape index (κ3) is 4.99. The average molecular weight is 564 g/mol. The number of fused-ring (bicyclic) bond motifs is 2. The lowest BCUT2D eigenvalue weighted by Gasteiger charge is -2.32. The summed E-state index contributed by atoms with van der Waals surface area (Å²) in [5.41, 5.74) is 1.52. The lowest BCUT2D eigenvalue weighted by molar-refractivity contribution is -0.123. The summed E-state index contributed by atoms with van der Waals surface area (Å²) in [6.45, 7) is 1.56. The Hall–Kier alpha value is -3.76. The fourth-order valence-corrected chi connectivity index (χ4v) is 6.39. The molecule has 0 radical (unpaired) electrons. The van der Waals surface area contributed by atoms with Crippen molar-refractivity contribution < 1.29 is 23.8 Å². The molecular weight excluding hydrogens is 529 g/mol. The molecule has 1 saturated heterocycles. The van der Waals surface area contributed by atoms with E-state index in [2.05, 4.69) is 16.4 Å². The van der Waals surface area contributed by atoms with Crippen LogP contribution < -0.4 is 21.3 Å². The topological polar surface area (TPSA) is 123 Å². The van der Waals surface area contributed by atoms with Crippen LogP contribution in [-0.4, -0.2) is 45.5 Å². The molecular formula is C31H34FN3O6. The number of aromatic nitrogens is 2. The number of carbonyl (C=O) groups excluding carboxylic acids is 1. The van der Waals surface area contributed by atoms with E-state index in [1.165, 1.54) is 25.5 Å². The zero-order chi connectivity index (χ0) is 28.7. The van der Waals surface area contributed by atoms with Crippen molar-refractivity contribution in [2.24, 2.45) is 0 Å². The van der Waals surface area contributed by atoms with Crippen LogP contribution in [-0.2, 0) is 16.0 Å². The van der Waals surface area contributed by atoms with E-state index >= 15 is 4.39 Å². The molecule has 2 aromatic carbocycles. The highest BCUT2D eigenvalue weighted by Crippen LogP contribution is 2.49. The Kier molecular flexibility index (Phi) is 7.52. The number of aliphatic hydroxyl groups excluding tert-OH is 1. The molecule has 5 atom stereocenters. The molecule has 3 heterocycles. The van der Waals surface area contributed by atoms with Gasteiger partial charge in [-0.05, 0) is 36.8 Å². The van der Waals surface area contributed by atoms with Gasteiger partial charge >= 0.3 is 5.69 Å². The smallest absolute Gasteiger partial charge is 0.330 e. The fraction of sp³-hybridized carbons (Fsp3) is 0.452. The second-order valence-electron chi connectivity index (χ2n) is 11.1. The predicted molar refractivity (Wildman–Crippen MR) is 149 cm³/mol. The minimum atomic E-state index is -1.94. The van der Waals surface area contributed by atoms with Gasteiger partial charge in [0.05, 0.1) is 5.92 Å². The largest absolute Gasteiger partial charge is 0.456 e. The highest BCUT2D eigenvalue weighted by atomic mass is 19.1. The van der Waals surface area contributed by atoms with E-state index in [1.807, 2.05) is 36.4 Å². The number of hydrogen-bond acceptors (Lipinski definition) is 6. The SMILES string of the molecule is CCc1cn([C@@H]2O[C@H](CNC(=O)[C@@H]3c4ccccc4Oc4c(C5CCCCC5)cccc43)[C@@H](O)[C@H]2F)c(=O)[nH]c1=O. The van der Waals surface area contributed by atoms with E-state index in [4.69, 9.17) is 9.47 Å². The van der Waals surface area contributed by atoms with Crippen molar-refractivity contribution in [3.05, 3.63) is 91.8 Å². The monoisotopic (exact) mass is 563 g/mol. The number of amides is 1. The quantitative estimate of drug-likeness (QED) is 0.420. The van der Waals surface area contributed by atoms with Gasteiger partial charge in [0.25, 0.3) is 5.56 Å². The summed E-state index contributed by atoms with van der Waals surface area (Å²) in [6, 6.07) is 13.4. The number of aliphatic hydroxyl groups is 1. The molecule has 6 rings (SSSR count). The Labute approximate surface area is 236 Å². The molecule has 3 N–H and O–H groups in total. The van der Waals surface area contributed by atoms with Crippen LogP contribution >= 0.6 is 0 Å². The first-order chi connectivity index (χ1) is 19.9. The van der Waals surface area contributed by atoms with Crippen molar-refractivity contribution in [1.29, 1.82) is 0 Å². The van der Waals surface area contributed by atoms with Gasteiger partial charge in [0.2, 0.25) is 5.91 Å². The van der Waals surface area contributed by atoms with Crippen LogP contribution in [0.2, 0.25) is 0 Å². The van der Waals surface area contributed by atoms with Crippen molar-refractivity contribution in [2.75, 3.05) is 6.54 Å². The number of hydrogen-bond donors (Lipinski definition) is 3. The van der Waals surface area contributed by atoms with E-state index in [0.29, 0.717) is 18.1 Å². The number of benzene rings is 2. The van der Waals surface area contributed by atoms with Gasteiger partial charge in [-0.25, -0.2) is 9.18 Å². The minimum absolute atomic E-state index is 0.174. The highest BCUT2D eigenvalue weighted by molar-refractivity contribution is 5.90. The first-order valence-corrected chi connectivity index (χ1v) is 14.4. The molecule has 9 nitrogen and oxygen atoms in total. The van der Waals surface area contributed by atoms with Crippen LogP contribution in [0.25, 0.3) is 0 Å². The Morgan fingerprint density at radius 3 is 2.59 bits per heavy atom. The molecule has 1 aliphatic carbocycles. The van der Waals surface area contributed by atoms with Gasteiger partial charge in [-0.2, -0.15) is 0 Å². The van der Waals surface area contributed by atoms with Crippen LogP contribution in [0, 0.1) is 0 Å². The van der Waals surface area contributed by atoms with Gasteiger partial charge < -0.3 is 19.9 Å². The summed E-state index contributed by atoms with van der Waals surface area (Å²) >= 11 is 0. The third-order valence-electron chi connectivity index (χ3n) is 8.60. The number of rotatable bonds is 6. The van der Waals surface area contributed by atoms with E-state index < -0.39 is 41.8 Å². The molecule has 216 valence electrons. The molecule has 0 unspecified atom stereocenters. The molecule has 1 aromatic heterocycles. The van der Waals surface area contributed by atoms with Gasteiger partial charge in [0.15, 0.2) is 12.4 Å². The molecule has 3 aromatic rings. The van der Waals surface area contributed by atoms with E-state index in [9.17, 15) is 19.5 Å².